The molecule has 2 aromatic carbocycles. The highest BCUT2D eigenvalue weighted by atomic mass is 32.2. The fourth-order valence-corrected chi connectivity index (χ4v) is 4.61. The van der Waals surface area contributed by atoms with Crippen LogP contribution >= 0.6 is 0 Å². The van der Waals surface area contributed by atoms with E-state index in [1.165, 1.54) is 6.07 Å². The van der Waals surface area contributed by atoms with Crippen LogP contribution in [0, 0.1) is 12.7 Å². The van der Waals surface area contributed by atoms with E-state index in [-0.39, 0.29) is 17.0 Å². The molecule has 0 aliphatic heterocycles. The molecular weight excluding hydrogens is 355 g/mol. The van der Waals surface area contributed by atoms with Gasteiger partial charge in [-0.3, -0.25) is 4.79 Å². The van der Waals surface area contributed by atoms with Gasteiger partial charge in [-0.15, -0.1) is 0 Å². The summed E-state index contributed by atoms with van der Waals surface area (Å²) in [7, 11) is -4.27. The molecule has 7 heteroatoms. The van der Waals surface area contributed by atoms with Gasteiger partial charge in [0.15, 0.2) is 0 Å². The van der Waals surface area contributed by atoms with Crippen LogP contribution in [0.4, 0.5) is 10.1 Å². The van der Waals surface area contributed by atoms with E-state index in [4.69, 9.17) is 5.14 Å². The first-order valence-electron chi connectivity index (χ1n) is 8.50. The summed E-state index contributed by atoms with van der Waals surface area (Å²) < 4.78 is 39.0. The zero-order chi connectivity index (χ0) is 18.9. The Balaban J connectivity index is 2.09. The third-order valence-electron chi connectivity index (χ3n) is 4.71. The maximum atomic E-state index is 14.5. The van der Waals surface area contributed by atoms with Crippen LogP contribution in [0.15, 0.2) is 41.3 Å². The zero-order valence-corrected chi connectivity index (χ0v) is 15.3. The summed E-state index contributed by atoms with van der Waals surface area (Å²) in [5.74, 6) is -1.50. The van der Waals surface area contributed by atoms with Crippen molar-refractivity contribution in [2.45, 2.75) is 43.4 Å². The lowest BCUT2D eigenvalue weighted by Crippen LogP contribution is -2.23. The summed E-state index contributed by atoms with van der Waals surface area (Å²) in [4.78, 5) is 12.3. The lowest BCUT2D eigenvalue weighted by molar-refractivity contribution is 0.102. The van der Waals surface area contributed by atoms with E-state index in [1.807, 2.05) is 13.0 Å². The van der Waals surface area contributed by atoms with Gasteiger partial charge in [0.1, 0.15) is 10.7 Å². The van der Waals surface area contributed by atoms with E-state index in [9.17, 15) is 17.6 Å². The Bertz CT molecular complexity index is 951. The van der Waals surface area contributed by atoms with Gasteiger partial charge in [0.05, 0.1) is 5.56 Å². The Morgan fingerprint density at radius 3 is 2.50 bits per heavy atom. The van der Waals surface area contributed by atoms with Gasteiger partial charge >= 0.3 is 0 Å². The molecule has 0 unspecified atom stereocenters. The van der Waals surface area contributed by atoms with Crippen LogP contribution in [0.25, 0.3) is 0 Å². The smallest absolute Gasteiger partial charge is 0.257 e. The average molecular weight is 376 g/mol. The number of benzene rings is 2. The summed E-state index contributed by atoms with van der Waals surface area (Å²) in [6.07, 6.45) is 3.16. The molecule has 1 saturated carbocycles. The van der Waals surface area contributed by atoms with Crippen molar-refractivity contribution in [2.24, 2.45) is 5.14 Å². The number of hydrogen-bond acceptors (Lipinski definition) is 3. The second-order valence-corrected chi connectivity index (χ2v) is 8.19. The standard InChI is InChI=1S/C19H21FN2O3S/c1-12-5-4-8-14(11-12)22-19(23)15-9-10-16(20)17(13-6-2-3-7-13)18(15)26(21,24)25/h4-5,8-11,13H,2-3,6-7H2,1H3,(H,22,23)(H2,21,24,25). The van der Waals surface area contributed by atoms with Gasteiger partial charge in [-0.25, -0.2) is 17.9 Å². The molecule has 138 valence electrons. The van der Waals surface area contributed by atoms with E-state index in [2.05, 4.69) is 5.32 Å². The summed E-state index contributed by atoms with van der Waals surface area (Å²) in [6, 6.07) is 9.44. The van der Waals surface area contributed by atoms with Gasteiger partial charge in [-0.2, -0.15) is 0 Å². The molecule has 0 saturated heterocycles. The summed E-state index contributed by atoms with van der Waals surface area (Å²) >= 11 is 0. The first-order valence-corrected chi connectivity index (χ1v) is 10.0. The van der Waals surface area contributed by atoms with Crippen molar-refractivity contribution in [3.63, 3.8) is 0 Å². The van der Waals surface area contributed by atoms with Crippen molar-refractivity contribution < 1.29 is 17.6 Å². The highest BCUT2D eigenvalue weighted by Crippen LogP contribution is 2.39. The van der Waals surface area contributed by atoms with Gasteiger partial charge < -0.3 is 5.32 Å². The van der Waals surface area contributed by atoms with E-state index >= 15 is 0 Å². The van der Waals surface area contributed by atoms with Crippen molar-refractivity contribution in [3.05, 3.63) is 58.9 Å². The van der Waals surface area contributed by atoms with Crippen LogP contribution < -0.4 is 10.5 Å². The van der Waals surface area contributed by atoms with Crippen molar-refractivity contribution in [3.8, 4) is 0 Å². The van der Waals surface area contributed by atoms with E-state index in [0.717, 1.165) is 24.5 Å². The minimum absolute atomic E-state index is 0.0434. The molecule has 0 bridgehead atoms. The van der Waals surface area contributed by atoms with Crippen molar-refractivity contribution >= 4 is 21.6 Å². The van der Waals surface area contributed by atoms with Crippen LogP contribution in [-0.4, -0.2) is 14.3 Å². The quantitative estimate of drug-likeness (QED) is 0.853. The number of sulfonamides is 1. The minimum Gasteiger partial charge on any atom is -0.322 e. The number of rotatable bonds is 4. The molecule has 1 aliphatic carbocycles. The maximum absolute atomic E-state index is 14.5. The number of amides is 1. The molecule has 0 spiro atoms. The predicted octanol–water partition coefficient (Wildman–Crippen LogP) is 3.69. The van der Waals surface area contributed by atoms with Crippen molar-refractivity contribution in [1.29, 1.82) is 0 Å². The average Bonchev–Trinajstić information content (AvgIpc) is 3.07. The number of nitrogens with two attached hydrogens (primary N) is 1. The number of carbonyl (C=O) groups excluding carboxylic acids is 1. The Morgan fingerprint density at radius 1 is 1.19 bits per heavy atom. The van der Waals surface area contributed by atoms with Crippen molar-refractivity contribution in [1.82, 2.24) is 0 Å². The molecule has 0 heterocycles. The monoisotopic (exact) mass is 376 g/mol. The van der Waals surface area contributed by atoms with Gasteiger partial charge in [-0.05, 0) is 55.5 Å². The number of hydrogen-bond donors (Lipinski definition) is 2. The van der Waals surface area contributed by atoms with Crippen LogP contribution in [0.3, 0.4) is 0 Å². The largest absolute Gasteiger partial charge is 0.322 e. The van der Waals surface area contributed by atoms with Gasteiger partial charge in [0.2, 0.25) is 10.0 Å². The van der Waals surface area contributed by atoms with Gasteiger partial charge in [0.25, 0.3) is 5.91 Å². The molecule has 0 radical (unpaired) electrons. The Kier molecular flexibility index (Phi) is 5.11. The lowest BCUT2D eigenvalue weighted by Gasteiger charge is -2.18. The minimum atomic E-state index is -4.27. The van der Waals surface area contributed by atoms with E-state index in [0.29, 0.717) is 18.5 Å². The van der Waals surface area contributed by atoms with Gasteiger partial charge in [-0.1, -0.05) is 25.0 Å². The number of carbonyl (C=O) groups is 1. The normalized spacial score (nSPS) is 15.2. The van der Waals surface area contributed by atoms with Crippen LogP contribution in [0.2, 0.25) is 0 Å². The van der Waals surface area contributed by atoms with E-state index < -0.39 is 26.6 Å². The fourth-order valence-electron chi connectivity index (χ4n) is 3.58. The molecule has 2 aromatic rings. The van der Waals surface area contributed by atoms with Crippen LogP contribution in [0.5, 0.6) is 0 Å². The highest BCUT2D eigenvalue weighted by Gasteiger charge is 2.31. The second-order valence-electron chi connectivity index (χ2n) is 6.69. The molecule has 1 fully saturated rings. The first-order chi connectivity index (χ1) is 12.3. The lowest BCUT2D eigenvalue weighted by atomic mass is 9.95. The molecule has 1 amide bonds. The maximum Gasteiger partial charge on any atom is 0.257 e. The van der Waals surface area contributed by atoms with Crippen molar-refractivity contribution in [2.75, 3.05) is 5.32 Å². The first kappa shape index (κ1) is 18.5. The number of anilines is 1. The third-order valence-corrected chi connectivity index (χ3v) is 5.72. The molecule has 26 heavy (non-hydrogen) atoms. The Labute approximate surface area is 152 Å². The summed E-state index contributed by atoms with van der Waals surface area (Å²) in [6.45, 7) is 1.88. The van der Waals surface area contributed by atoms with E-state index in [1.54, 1.807) is 18.2 Å². The fraction of sp³-hybridized carbons (Fsp3) is 0.316. The second kappa shape index (κ2) is 7.17. The highest BCUT2D eigenvalue weighted by molar-refractivity contribution is 7.89. The summed E-state index contributed by atoms with van der Waals surface area (Å²) in [5, 5.41) is 8.04. The number of aryl methyl sites for hydroxylation is 1. The molecular formula is C19H21FN2O3S. The molecule has 3 rings (SSSR count). The SMILES string of the molecule is Cc1cccc(NC(=O)c2ccc(F)c(C3CCCC3)c2S(N)(=O)=O)c1. The topological polar surface area (TPSA) is 89.3 Å². The van der Waals surface area contributed by atoms with Gasteiger partial charge in [0, 0.05) is 11.3 Å². The molecule has 3 N–H and O–H groups in total. The molecule has 1 aliphatic rings. The third kappa shape index (κ3) is 3.78. The number of halogens is 1. The number of nitrogens with one attached hydrogen (secondary N) is 1. The number of primary sulfonamides is 1. The Hall–Kier alpha value is -2.25. The predicted molar refractivity (Wildman–Crippen MR) is 98.1 cm³/mol. The molecule has 0 aromatic heterocycles. The molecule has 5 nitrogen and oxygen atoms in total. The van der Waals surface area contributed by atoms with Crippen LogP contribution in [-0.2, 0) is 10.0 Å². The Morgan fingerprint density at radius 2 is 1.88 bits per heavy atom. The molecule has 0 atom stereocenters. The summed E-state index contributed by atoms with van der Waals surface area (Å²) in [5.41, 5.74) is 1.39. The van der Waals surface area contributed by atoms with Crippen LogP contribution in [0.1, 0.15) is 53.1 Å². The zero-order valence-electron chi connectivity index (χ0n) is 14.5.